The van der Waals surface area contributed by atoms with Crippen LogP contribution >= 0.6 is 0 Å². The number of amides is 2. The fourth-order valence-electron chi connectivity index (χ4n) is 5.12. The Balaban J connectivity index is 1.51. The molecule has 2 amide bonds. The van der Waals surface area contributed by atoms with Gasteiger partial charge in [-0.05, 0) is 38.0 Å². The number of piperidine rings is 1. The molecule has 1 aliphatic carbocycles. The molecular formula is C22H32N4O3. The molecule has 3 aliphatic rings. The lowest BCUT2D eigenvalue weighted by atomic mass is 9.99. The van der Waals surface area contributed by atoms with Crippen LogP contribution in [0.4, 0.5) is 0 Å². The standard InChI is InChI=1S/C22H32N4O3/c1-2-19(27)26-11-6-5-9-18(26)21-23-17-10-12-25(14-16(17)22(29)24-21)20(28)13-15-7-3-4-8-15/h15,18H,2-14H2,1H3,(H,23,24,29)/t18-/m0/s1. The van der Waals surface area contributed by atoms with Crippen LogP contribution < -0.4 is 5.56 Å². The Labute approximate surface area is 171 Å². The first-order chi connectivity index (χ1) is 14.1. The molecule has 158 valence electrons. The van der Waals surface area contributed by atoms with E-state index in [-0.39, 0.29) is 23.4 Å². The number of nitrogens with one attached hydrogen (secondary N) is 1. The fraction of sp³-hybridized carbons (Fsp3) is 0.727. The third-order valence-electron chi connectivity index (χ3n) is 6.82. The van der Waals surface area contributed by atoms with Crippen LogP contribution in [0.2, 0.25) is 0 Å². The van der Waals surface area contributed by atoms with Gasteiger partial charge in [0.05, 0.1) is 23.8 Å². The monoisotopic (exact) mass is 400 g/mol. The van der Waals surface area contributed by atoms with Crippen molar-refractivity contribution in [3.63, 3.8) is 0 Å². The molecule has 1 aromatic rings. The van der Waals surface area contributed by atoms with Gasteiger partial charge in [0.15, 0.2) is 0 Å². The normalized spacial score (nSPS) is 22.6. The molecule has 4 rings (SSSR count). The molecule has 1 N–H and O–H groups in total. The highest BCUT2D eigenvalue weighted by molar-refractivity contribution is 5.77. The van der Waals surface area contributed by atoms with E-state index in [2.05, 4.69) is 4.98 Å². The zero-order valence-corrected chi connectivity index (χ0v) is 17.4. The van der Waals surface area contributed by atoms with Crippen LogP contribution in [0.5, 0.6) is 0 Å². The van der Waals surface area contributed by atoms with Gasteiger partial charge >= 0.3 is 0 Å². The number of fused-ring (bicyclic) bond motifs is 1. The number of aromatic nitrogens is 2. The van der Waals surface area contributed by atoms with Crippen LogP contribution in [0, 0.1) is 5.92 Å². The minimum Gasteiger partial charge on any atom is -0.338 e. The summed E-state index contributed by atoms with van der Waals surface area (Å²) in [6.45, 7) is 3.57. The Kier molecular flexibility index (Phi) is 6.01. The molecule has 0 bridgehead atoms. The Hall–Kier alpha value is -2.18. The first-order valence-electron chi connectivity index (χ1n) is 11.3. The maximum Gasteiger partial charge on any atom is 0.256 e. The van der Waals surface area contributed by atoms with Crippen LogP contribution in [-0.4, -0.2) is 44.7 Å². The fourth-order valence-corrected chi connectivity index (χ4v) is 5.12. The molecule has 1 aromatic heterocycles. The molecular weight excluding hydrogens is 368 g/mol. The van der Waals surface area contributed by atoms with E-state index in [1.165, 1.54) is 12.8 Å². The van der Waals surface area contributed by atoms with E-state index < -0.39 is 0 Å². The summed E-state index contributed by atoms with van der Waals surface area (Å²) in [7, 11) is 0. The van der Waals surface area contributed by atoms with Crippen molar-refractivity contribution in [3.8, 4) is 0 Å². The van der Waals surface area contributed by atoms with Crippen molar-refractivity contribution in [2.45, 2.75) is 83.7 Å². The number of nitrogens with zero attached hydrogens (tertiary/aromatic N) is 3. The van der Waals surface area contributed by atoms with Crippen molar-refractivity contribution in [3.05, 3.63) is 27.4 Å². The van der Waals surface area contributed by atoms with Crippen molar-refractivity contribution in [2.24, 2.45) is 5.92 Å². The summed E-state index contributed by atoms with van der Waals surface area (Å²) in [6.07, 6.45) is 9.29. The van der Waals surface area contributed by atoms with Gasteiger partial charge in [-0.2, -0.15) is 0 Å². The minimum atomic E-state index is -0.155. The van der Waals surface area contributed by atoms with Crippen molar-refractivity contribution in [1.29, 1.82) is 0 Å². The number of carbonyl (C=O) groups excluding carboxylic acids is 2. The molecule has 3 heterocycles. The van der Waals surface area contributed by atoms with Gasteiger partial charge in [0.2, 0.25) is 11.8 Å². The number of rotatable bonds is 4. The van der Waals surface area contributed by atoms with Gasteiger partial charge in [0, 0.05) is 32.4 Å². The van der Waals surface area contributed by atoms with Crippen molar-refractivity contribution >= 4 is 11.8 Å². The molecule has 7 nitrogen and oxygen atoms in total. The average Bonchev–Trinajstić information content (AvgIpc) is 3.26. The van der Waals surface area contributed by atoms with Crippen LogP contribution in [0.1, 0.15) is 87.8 Å². The zero-order valence-electron chi connectivity index (χ0n) is 17.4. The second-order valence-electron chi connectivity index (χ2n) is 8.75. The van der Waals surface area contributed by atoms with E-state index in [0.717, 1.165) is 44.3 Å². The van der Waals surface area contributed by atoms with Crippen LogP contribution in [0.15, 0.2) is 4.79 Å². The lowest BCUT2D eigenvalue weighted by Crippen LogP contribution is -2.42. The van der Waals surface area contributed by atoms with E-state index in [0.29, 0.717) is 49.7 Å². The predicted molar refractivity (Wildman–Crippen MR) is 109 cm³/mol. The number of hydrogen-bond donors (Lipinski definition) is 1. The summed E-state index contributed by atoms with van der Waals surface area (Å²) in [5, 5.41) is 0. The second kappa shape index (κ2) is 8.67. The number of aromatic amines is 1. The Morgan fingerprint density at radius 3 is 2.59 bits per heavy atom. The maximum atomic E-state index is 12.8. The van der Waals surface area contributed by atoms with E-state index in [4.69, 9.17) is 4.98 Å². The smallest absolute Gasteiger partial charge is 0.256 e. The van der Waals surface area contributed by atoms with Gasteiger partial charge in [-0.1, -0.05) is 19.8 Å². The van der Waals surface area contributed by atoms with E-state index in [9.17, 15) is 14.4 Å². The Morgan fingerprint density at radius 2 is 1.83 bits per heavy atom. The van der Waals surface area contributed by atoms with Gasteiger partial charge in [0.25, 0.3) is 5.56 Å². The van der Waals surface area contributed by atoms with Gasteiger partial charge in [-0.3, -0.25) is 14.4 Å². The third-order valence-corrected chi connectivity index (χ3v) is 6.82. The summed E-state index contributed by atoms with van der Waals surface area (Å²) in [5.41, 5.74) is 1.25. The van der Waals surface area contributed by atoms with Crippen LogP contribution in [0.3, 0.4) is 0 Å². The third kappa shape index (κ3) is 4.23. The molecule has 1 atom stereocenters. The second-order valence-corrected chi connectivity index (χ2v) is 8.75. The molecule has 0 unspecified atom stereocenters. The summed E-state index contributed by atoms with van der Waals surface area (Å²) in [4.78, 5) is 49.3. The molecule has 1 saturated carbocycles. The van der Waals surface area contributed by atoms with Crippen molar-refractivity contribution in [1.82, 2.24) is 19.8 Å². The quantitative estimate of drug-likeness (QED) is 0.842. The summed E-state index contributed by atoms with van der Waals surface area (Å²) < 4.78 is 0. The Bertz CT molecular complexity index is 828. The summed E-state index contributed by atoms with van der Waals surface area (Å²) >= 11 is 0. The van der Waals surface area contributed by atoms with Gasteiger partial charge in [-0.15, -0.1) is 0 Å². The number of likely N-dealkylation sites (tertiary alicyclic amines) is 1. The first kappa shape index (κ1) is 20.1. The highest BCUT2D eigenvalue weighted by atomic mass is 16.2. The average molecular weight is 401 g/mol. The number of H-pyrrole nitrogens is 1. The van der Waals surface area contributed by atoms with E-state index in [1.54, 1.807) is 0 Å². The molecule has 2 fully saturated rings. The first-order valence-corrected chi connectivity index (χ1v) is 11.3. The largest absolute Gasteiger partial charge is 0.338 e. The zero-order chi connectivity index (χ0) is 20.4. The summed E-state index contributed by atoms with van der Waals surface area (Å²) in [6, 6.07) is -0.142. The molecule has 2 aliphatic heterocycles. The van der Waals surface area contributed by atoms with Crippen molar-refractivity contribution in [2.75, 3.05) is 13.1 Å². The molecule has 29 heavy (non-hydrogen) atoms. The van der Waals surface area contributed by atoms with Gasteiger partial charge in [0.1, 0.15) is 5.82 Å². The molecule has 7 heteroatoms. The van der Waals surface area contributed by atoms with E-state index in [1.807, 2.05) is 16.7 Å². The molecule has 0 radical (unpaired) electrons. The lowest BCUT2D eigenvalue weighted by molar-refractivity contribution is -0.135. The highest BCUT2D eigenvalue weighted by Gasteiger charge is 2.32. The number of hydrogen-bond acceptors (Lipinski definition) is 4. The van der Waals surface area contributed by atoms with Crippen LogP contribution in [-0.2, 0) is 22.6 Å². The topological polar surface area (TPSA) is 86.4 Å². The number of carbonyl (C=O) groups is 2. The SMILES string of the molecule is CCC(=O)N1CCCC[C@H]1c1nc2c(c(=O)[nH]1)CN(C(=O)CC1CCCC1)CC2. The molecule has 0 aromatic carbocycles. The summed E-state index contributed by atoms with van der Waals surface area (Å²) in [5.74, 6) is 1.40. The van der Waals surface area contributed by atoms with Crippen LogP contribution in [0.25, 0.3) is 0 Å². The highest BCUT2D eigenvalue weighted by Crippen LogP contribution is 2.31. The Morgan fingerprint density at radius 1 is 1.07 bits per heavy atom. The van der Waals surface area contributed by atoms with E-state index >= 15 is 0 Å². The van der Waals surface area contributed by atoms with Gasteiger partial charge in [-0.25, -0.2) is 4.98 Å². The molecule has 0 spiro atoms. The maximum absolute atomic E-state index is 12.8. The lowest BCUT2D eigenvalue weighted by Gasteiger charge is -2.35. The molecule has 1 saturated heterocycles. The minimum absolute atomic E-state index is 0.110. The predicted octanol–water partition coefficient (Wildman–Crippen LogP) is 2.70. The van der Waals surface area contributed by atoms with Crippen molar-refractivity contribution < 1.29 is 9.59 Å². The van der Waals surface area contributed by atoms with Gasteiger partial charge < -0.3 is 14.8 Å².